The number of hydrogen-bond acceptors (Lipinski definition) is 3. The molecule has 0 aliphatic heterocycles. The summed E-state index contributed by atoms with van der Waals surface area (Å²) < 4.78 is 5.09. The molecule has 0 aliphatic rings. The van der Waals surface area contributed by atoms with Gasteiger partial charge in [0, 0.05) is 5.56 Å². The van der Waals surface area contributed by atoms with E-state index in [1.807, 2.05) is 0 Å². The monoisotopic (exact) mass is 388 g/mol. The summed E-state index contributed by atoms with van der Waals surface area (Å²) >= 11 is 0. The van der Waals surface area contributed by atoms with Gasteiger partial charge in [0.05, 0.1) is 6.61 Å². The van der Waals surface area contributed by atoms with Crippen molar-refractivity contribution in [1.29, 1.82) is 0 Å². The van der Waals surface area contributed by atoms with Gasteiger partial charge in [-0.25, -0.2) is 4.79 Å². The number of esters is 1. The largest absolute Gasteiger partial charge is 0.460 e. The molecule has 28 heavy (non-hydrogen) atoms. The van der Waals surface area contributed by atoms with Crippen LogP contribution < -0.4 is 0 Å². The number of benzene rings is 1. The second-order valence-corrected chi connectivity index (χ2v) is 7.66. The summed E-state index contributed by atoms with van der Waals surface area (Å²) in [6.45, 7) is 15.0. The van der Waals surface area contributed by atoms with Gasteiger partial charge >= 0.3 is 5.97 Å². The average Bonchev–Trinajstić information content (AvgIpc) is 2.70. The van der Waals surface area contributed by atoms with Gasteiger partial charge in [0.25, 0.3) is 5.78 Å². The van der Waals surface area contributed by atoms with E-state index in [1.54, 1.807) is 6.92 Å². The maximum absolute atomic E-state index is 13.2. The molecule has 0 aliphatic carbocycles. The first-order chi connectivity index (χ1) is 13.4. The molecule has 0 atom stereocenters. The third-order valence-corrected chi connectivity index (χ3v) is 6.22. The van der Waals surface area contributed by atoms with Crippen LogP contribution in [0.2, 0.25) is 0 Å². The highest BCUT2D eigenvalue weighted by atomic mass is 16.5. The van der Waals surface area contributed by atoms with Gasteiger partial charge in [-0.1, -0.05) is 53.7 Å². The van der Waals surface area contributed by atoms with Crippen LogP contribution in [-0.2, 0) is 9.53 Å². The standard InChI is InChI=1S/C25H40O3/c1-8-17(9-2)20-15-21(18(10-3)11-4)23(24(26)25(27)28-14-7)22(16-20)19(12-5)13-6/h15-19H,8-14H2,1-7H3. The summed E-state index contributed by atoms with van der Waals surface area (Å²) in [6, 6.07) is 4.43. The molecule has 0 amide bonds. The van der Waals surface area contributed by atoms with Crippen LogP contribution in [-0.4, -0.2) is 18.4 Å². The van der Waals surface area contributed by atoms with Gasteiger partial charge in [-0.05, 0) is 79.9 Å². The van der Waals surface area contributed by atoms with Crippen LogP contribution in [0.3, 0.4) is 0 Å². The zero-order valence-corrected chi connectivity index (χ0v) is 19.1. The van der Waals surface area contributed by atoms with Crippen LogP contribution in [0.5, 0.6) is 0 Å². The van der Waals surface area contributed by atoms with Crippen molar-refractivity contribution >= 4 is 11.8 Å². The minimum atomic E-state index is -0.725. The average molecular weight is 389 g/mol. The van der Waals surface area contributed by atoms with Crippen LogP contribution in [0.25, 0.3) is 0 Å². The molecule has 0 saturated heterocycles. The van der Waals surface area contributed by atoms with E-state index >= 15 is 0 Å². The van der Waals surface area contributed by atoms with E-state index in [0.29, 0.717) is 11.5 Å². The highest BCUT2D eigenvalue weighted by Gasteiger charge is 2.30. The molecule has 0 bridgehead atoms. The molecular formula is C25H40O3. The Morgan fingerprint density at radius 3 is 1.43 bits per heavy atom. The fraction of sp³-hybridized carbons (Fsp3) is 0.680. The maximum Gasteiger partial charge on any atom is 0.379 e. The van der Waals surface area contributed by atoms with Crippen molar-refractivity contribution in [3.63, 3.8) is 0 Å². The van der Waals surface area contributed by atoms with Gasteiger partial charge in [-0.2, -0.15) is 0 Å². The summed E-state index contributed by atoms with van der Waals surface area (Å²) in [4.78, 5) is 25.6. The van der Waals surface area contributed by atoms with E-state index in [2.05, 4.69) is 53.7 Å². The predicted octanol–water partition coefficient (Wildman–Crippen LogP) is 7.14. The first kappa shape index (κ1) is 24.4. The molecule has 3 heteroatoms. The Balaban J connectivity index is 3.83. The number of carbonyl (C=O) groups is 2. The quantitative estimate of drug-likeness (QED) is 0.217. The second kappa shape index (κ2) is 12.0. The second-order valence-electron chi connectivity index (χ2n) is 7.66. The van der Waals surface area contributed by atoms with E-state index < -0.39 is 11.8 Å². The molecule has 0 N–H and O–H groups in total. The Bertz CT molecular complexity index is 602. The van der Waals surface area contributed by atoms with E-state index in [-0.39, 0.29) is 18.4 Å². The minimum absolute atomic E-state index is 0.219. The fourth-order valence-corrected chi connectivity index (χ4v) is 4.37. The molecule has 3 nitrogen and oxygen atoms in total. The highest BCUT2D eigenvalue weighted by Crippen LogP contribution is 2.38. The Hall–Kier alpha value is -1.64. The molecule has 158 valence electrons. The lowest BCUT2D eigenvalue weighted by atomic mass is 9.77. The molecule has 0 spiro atoms. The zero-order chi connectivity index (χ0) is 21.3. The van der Waals surface area contributed by atoms with E-state index in [0.717, 1.165) is 49.7 Å². The van der Waals surface area contributed by atoms with Crippen molar-refractivity contribution in [3.8, 4) is 0 Å². The number of hydrogen-bond donors (Lipinski definition) is 0. The molecule has 1 rings (SSSR count). The van der Waals surface area contributed by atoms with Crippen molar-refractivity contribution in [2.24, 2.45) is 0 Å². The molecular weight excluding hydrogens is 348 g/mol. The van der Waals surface area contributed by atoms with E-state index in [4.69, 9.17) is 4.74 Å². The van der Waals surface area contributed by atoms with E-state index in [1.165, 1.54) is 5.56 Å². The number of ether oxygens (including phenoxy) is 1. The van der Waals surface area contributed by atoms with Crippen molar-refractivity contribution in [2.45, 2.75) is 105 Å². The normalized spacial score (nSPS) is 11.5. The topological polar surface area (TPSA) is 43.4 Å². The SMILES string of the molecule is CCOC(=O)C(=O)c1c(C(CC)CC)cc(C(CC)CC)cc1C(CC)CC. The van der Waals surface area contributed by atoms with Crippen LogP contribution in [0.15, 0.2) is 12.1 Å². The Kier molecular flexibility index (Phi) is 10.5. The highest BCUT2D eigenvalue weighted by molar-refractivity contribution is 6.41. The van der Waals surface area contributed by atoms with Crippen LogP contribution in [0.4, 0.5) is 0 Å². The van der Waals surface area contributed by atoms with Crippen LogP contribution >= 0.6 is 0 Å². The molecule has 1 aromatic carbocycles. The predicted molar refractivity (Wildman–Crippen MR) is 117 cm³/mol. The summed E-state index contributed by atoms with van der Waals surface area (Å²) in [5.74, 6) is -0.168. The molecule has 0 heterocycles. The number of rotatable bonds is 12. The Morgan fingerprint density at radius 1 is 0.714 bits per heavy atom. The summed E-state index contributed by atoms with van der Waals surface area (Å²) in [5.41, 5.74) is 4.04. The van der Waals surface area contributed by atoms with Crippen LogP contribution in [0.1, 0.15) is 132 Å². The van der Waals surface area contributed by atoms with Gasteiger partial charge in [-0.15, -0.1) is 0 Å². The molecule has 0 fully saturated rings. The Morgan fingerprint density at radius 2 is 1.11 bits per heavy atom. The van der Waals surface area contributed by atoms with Gasteiger partial charge in [0.2, 0.25) is 0 Å². The van der Waals surface area contributed by atoms with Gasteiger partial charge in [0.1, 0.15) is 0 Å². The lowest BCUT2D eigenvalue weighted by molar-refractivity contribution is -0.137. The lowest BCUT2D eigenvalue weighted by Crippen LogP contribution is -2.23. The van der Waals surface area contributed by atoms with Gasteiger partial charge in [0.15, 0.2) is 0 Å². The fourth-order valence-electron chi connectivity index (χ4n) is 4.37. The molecule has 0 unspecified atom stereocenters. The lowest BCUT2D eigenvalue weighted by Gasteiger charge is -2.26. The molecule has 0 radical (unpaired) electrons. The van der Waals surface area contributed by atoms with Crippen molar-refractivity contribution in [2.75, 3.05) is 6.61 Å². The van der Waals surface area contributed by atoms with Crippen LogP contribution in [0, 0.1) is 0 Å². The van der Waals surface area contributed by atoms with Crippen molar-refractivity contribution < 1.29 is 14.3 Å². The Labute approximate surface area is 172 Å². The van der Waals surface area contributed by atoms with Crippen molar-refractivity contribution in [3.05, 3.63) is 34.4 Å². The molecule has 1 aromatic rings. The van der Waals surface area contributed by atoms with Gasteiger partial charge in [-0.3, -0.25) is 4.79 Å². The summed E-state index contributed by atoms with van der Waals surface area (Å²) in [7, 11) is 0. The molecule has 0 aromatic heterocycles. The van der Waals surface area contributed by atoms with Crippen molar-refractivity contribution in [1.82, 2.24) is 0 Å². The third kappa shape index (κ3) is 5.46. The maximum atomic E-state index is 13.2. The number of Topliss-reactive ketones (excluding diaryl/α,β-unsaturated/α-hetero) is 1. The molecule has 0 saturated carbocycles. The summed E-state index contributed by atoms with van der Waals surface area (Å²) in [5, 5.41) is 0. The number of ketones is 1. The smallest absolute Gasteiger partial charge is 0.379 e. The first-order valence-corrected chi connectivity index (χ1v) is 11.3. The minimum Gasteiger partial charge on any atom is -0.460 e. The first-order valence-electron chi connectivity index (χ1n) is 11.3. The zero-order valence-electron chi connectivity index (χ0n) is 19.1. The summed E-state index contributed by atoms with van der Waals surface area (Å²) in [6.07, 6.45) is 5.96. The third-order valence-electron chi connectivity index (χ3n) is 6.22. The van der Waals surface area contributed by atoms with E-state index in [9.17, 15) is 9.59 Å². The number of carbonyl (C=O) groups excluding carboxylic acids is 2. The van der Waals surface area contributed by atoms with Gasteiger partial charge < -0.3 is 4.74 Å².